The first kappa shape index (κ1) is 20.1. The number of hydrogen-bond acceptors (Lipinski definition) is 5. The maximum atomic E-state index is 13.0. The molecule has 0 radical (unpaired) electrons. The summed E-state index contributed by atoms with van der Waals surface area (Å²) in [5.41, 5.74) is 3.48. The van der Waals surface area contributed by atoms with Gasteiger partial charge in [0.25, 0.3) is 5.91 Å². The van der Waals surface area contributed by atoms with Gasteiger partial charge in [-0.1, -0.05) is 6.07 Å². The lowest BCUT2D eigenvalue weighted by molar-refractivity contribution is -0.119. The summed E-state index contributed by atoms with van der Waals surface area (Å²) in [7, 11) is 3.07. The molecule has 1 saturated heterocycles. The number of carbonyl (C=O) groups is 2. The Morgan fingerprint density at radius 2 is 1.79 bits per heavy atom. The highest BCUT2D eigenvalue weighted by molar-refractivity contribution is 7.99. The molecule has 7 heteroatoms. The van der Waals surface area contributed by atoms with Crippen LogP contribution in [0.4, 0.5) is 5.69 Å². The van der Waals surface area contributed by atoms with Crippen molar-refractivity contribution in [2.75, 3.05) is 31.2 Å². The smallest absolute Gasteiger partial charge is 0.255 e. The highest BCUT2D eigenvalue weighted by Crippen LogP contribution is 2.30. The van der Waals surface area contributed by atoms with Crippen molar-refractivity contribution in [2.45, 2.75) is 19.9 Å². The molecule has 1 aliphatic rings. The zero-order valence-electron chi connectivity index (χ0n) is 16.4. The lowest BCUT2D eigenvalue weighted by atomic mass is 10.1. The van der Waals surface area contributed by atoms with Crippen LogP contribution in [0, 0.1) is 13.8 Å². The van der Waals surface area contributed by atoms with Gasteiger partial charge in [0.2, 0.25) is 5.91 Å². The molecule has 1 N–H and O–H groups in total. The van der Waals surface area contributed by atoms with Gasteiger partial charge in [0.15, 0.2) is 11.5 Å². The van der Waals surface area contributed by atoms with Crippen molar-refractivity contribution in [3.63, 3.8) is 0 Å². The van der Waals surface area contributed by atoms with Gasteiger partial charge in [-0.15, -0.1) is 11.8 Å². The highest BCUT2D eigenvalue weighted by atomic mass is 32.2. The molecule has 1 aliphatic heterocycles. The Labute approximate surface area is 169 Å². The van der Waals surface area contributed by atoms with Gasteiger partial charge in [-0.2, -0.15) is 0 Å². The van der Waals surface area contributed by atoms with Crippen LogP contribution >= 0.6 is 11.8 Å². The van der Waals surface area contributed by atoms with E-state index in [1.54, 1.807) is 42.0 Å². The van der Waals surface area contributed by atoms with Gasteiger partial charge in [-0.25, -0.2) is 0 Å². The summed E-state index contributed by atoms with van der Waals surface area (Å²) in [6.45, 7) is 4.03. The number of ether oxygens (including phenoxy) is 2. The molecule has 1 atom stereocenters. The summed E-state index contributed by atoms with van der Waals surface area (Å²) in [6.07, 6.45) is 0. The second-order valence-corrected chi connectivity index (χ2v) is 7.65. The van der Waals surface area contributed by atoms with Gasteiger partial charge in [0.1, 0.15) is 6.04 Å². The van der Waals surface area contributed by atoms with E-state index in [4.69, 9.17) is 9.47 Å². The van der Waals surface area contributed by atoms with E-state index >= 15 is 0 Å². The fourth-order valence-electron chi connectivity index (χ4n) is 3.04. The van der Waals surface area contributed by atoms with Gasteiger partial charge in [-0.3, -0.25) is 9.59 Å². The number of benzene rings is 2. The van der Waals surface area contributed by atoms with Crippen LogP contribution in [0.2, 0.25) is 0 Å². The maximum absolute atomic E-state index is 13.0. The number of methoxy groups -OCH3 is 2. The van der Waals surface area contributed by atoms with E-state index in [1.807, 2.05) is 32.0 Å². The van der Waals surface area contributed by atoms with Crippen molar-refractivity contribution in [1.29, 1.82) is 0 Å². The van der Waals surface area contributed by atoms with Crippen molar-refractivity contribution >= 4 is 29.3 Å². The van der Waals surface area contributed by atoms with E-state index in [0.29, 0.717) is 28.7 Å². The largest absolute Gasteiger partial charge is 0.493 e. The molecule has 2 amide bonds. The van der Waals surface area contributed by atoms with Gasteiger partial charge in [0.05, 0.1) is 20.1 Å². The first-order valence-corrected chi connectivity index (χ1v) is 10.1. The van der Waals surface area contributed by atoms with E-state index in [9.17, 15) is 9.59 Å². The van der Waals surface area contributed by atoms with Crippen LogP contribution in [-0.4, -0.2) is 48.6 Å². The van der Waals surface area contributed by atoms with Crippen molar-refractivity contribution in [3.05, 3.63) is 53.1 Å². The second kappa shape index (κ2) is 8.56. The molecule has 0 aliphatic carbocycles. The number of aryl methyl sites for hydroxylation is 2. The number of thioether (sulfide) groups is 1. The number of hydrogen-bond donors (Lipinski definition) is 1. The zero-order valence-corrected chi connectivity index (χ0v) is 17.3. The number of nitrogens with zero attached hydrogens (tertiary/aromatic N) is 1. The van der Waals surface area contributed by atoms with E-state index in [0.717, 1.165) is 11.3 Å². The fourth-order valence-corrected chi connectivity index (χ4v) is 4.19. The molecule has 0 saturated carbocycles. The molecule has 0 bridgehead atoms. The van der Waals surface area contributed by atoms with Crippen LogP contribution in [0.25, 0.3) is 0 Å². The van der Waals surface area contributed by atoms with Crippen LogP contribution < -0.4 is 14.8 Å². The topological polar surface area (TPSA) is 67.9 Å². The Hall–Kier alpha value is -2.67. The molecule has 1 fully saturated rings. The first-order chi connectivity index (χ1) is 13.4. The summed E-state index contributed by atoms with van der Waals surface area (Å²) in [6, 6.07) is 10.3. The molecule has 28 heavy (non-hydrogen) atoms. The van der Waals surface area contributed by atoms with E-state index in [2.05, 4.69) is 5.32 Å². The van der Waals surface area contributed by atoms with Crippen molar-refractivity contribution < 1.29 is 19.1 Å². The van der Waals surface area contributed by atoms with E-state index in [-0.39, 0.29) is 11.8 Å². The lowest BCUT2D eigenvalue weighted by Crippen LogP contribution is -2.44. The van der Waals surface area contributed by atoms with Gasteiger partial charge >= 0.3 is 0 Å². The Kier molecular flexibility index (Phi) is 6.14. The Bertz CT molecular complexity index is 900. The average molecular weight is 401 g/mol. The number of amides is 2. The molecule has 3 rings (SSSR count). The predicted octanol–water partition coefficient (Wildman–Crippen LogP) is 3.47. The SMILES string of the molecule is COc1ccc(C(=O)N2CSCC2C(=O)Nc2ccc(C)c(C)c2)cc1OC. The second-order valence-electron chi connectivity index (χ2n) is 6.65. The summed E-state index contributed by atoms with van der Waals surface area (Å²) < 4.78 is 10.5. The summed E-state index contributed by atoms with van der Waals surface area (Å²) in [4.78, 5) is 27.4. The molecule has 1 unspecified atom stereocenters. The molecular formula is C21H24N2O4S. The number of carbonyl (C=O) groups excluding carboxylic acids is 2. The average Bonchev–Trinajstić information content (AvgIpc) is 3.19. The Balaban J connectivity index is 1.77. The standard InChI is InChI=1S/C21H24N2O4S/c1-13-5-7-16(9-14(13)2)22-20(24)17-11-28-12-23(17)21(25)15-6-8-18(26-3)19(10-15)27-4/h5-10,17H,11-12H2,1-4H3,(H,22,24). The Morgan fingerprint density at radius 1 is 1.04 bits per heavy atom. The summed E-state index contributed by atoms with van der Waals surface area (Å²) in [5.74, 6) is 1.69. The first-order valence-electron chi connectivity index (χ1n) is 8.93. The molecule has 2 aromatic rings. The van der Waals surface area contributed by atoms with Crippen LogP contribution in [0.3, 0.4) is 0 Å². The number of rotatable bonds is 5. The van der Waals surface area contributed by atoms with Crippen molar-refractivity contribution in [3.8, 4) is 11.5 Å². The predicted molar refractivity (Wildman–Crippen MR) is 111 cm³/mol. The summed E-state index contributed by atoms with van der Waals surface area (Å²) in [5, 5.41) is 2.94. The van der Waals surface area contributed by atoms with Crippen LogP contribution in [0.1, 0.15) is 21.5 Å². The molecule has 1 heterocycles. The minimum absolute atomic E-state index is 0.179. The zero-order chi connectivity index (χ0) is 20.3. The van der Waals surface area contributed by atoms with Crippen molar-refractivity contribution in [2.24, 2.45) is 0 Å². The van der Waals surface area contributed by atoms with E-state index < -0.39 is 6.04 Å². The van der Waals surface area contributed by atoms with Crippen LogP contribution in [0.5, 0.6) is 11.5 Å². The minimum atomic E-state index is -0.521. The van der Waals surface area contributed by atoms with Gasteiger partial charge in [-0.05, 0) is 55.3 Å². The lowest BCUT2D eigenvalue weighted by Gasteiger charge is -2.23. The number of anilines is 1. The van der Waals surface area contributed by atoms with Crippen LogP contribution in [-0.2, 0) is 4.79 Å². The third-order valence-electron chi connectivity index (χ3n) is 4.85. The molecule has 0 spiro atoms. The third kappa shape index (κ3) is 4.09. The monoisotopic (exact) mass is 400 g/mol. The summed E-state index contributed by atoms with van der Waals surface area (Å²) >= 11 is 1.56. The fraction of sp³-hybridized carbons (Fsp3) is 0.333. The van der Waals surface area contributed by atoms with E-state index in [1.165, 1.54) is 12.7 Å². The Morgan fingerprint density at radius 3 is 2.46 bits per heavy atom. The van der Waals surface area contributed by atoms with Gasteiger partial charge in [0, 0.05) is 17.0 Å². The molecule has 0 aromatic heterocycles. The molecule has 6 nitrogen and oxygen atoms in total. The third-order valence-corrected chi connectivity index (χ3v) is 5.86. The number of nitrogens with one attached hydrogen (secondary N) is 1. The van der Waals surface area contributed by atoms with Crippen molar-refractivity contribution in [1.82, 2.24) is 4.90 Å². The minimum Gasteiger partial charge on any atom is -0.493 e. The maximum Gasteiger partial charge on any atom is 0.255 e. The molecule has 2 aromatic carbocycles. The highest BCUT2D eigenvalue weighted by Gasteiger charge is 2.35. The normalized spacial score (nSPS) is 16.0. The molecular weight excluding hydrogens is 376 g/mol. The van der Waals surface area contributed by atoms with Crippen LogP contribution in [0.15, 0.2) is 36.4 Å². The quantitative estimate of drug-likeness (QED) is 0.832. The molecule has 148 valence electrons. The van der Waals surface area contributed by atoms with Gasteiger partial charge < -0.3 is 19.7 Å².